The van der Waals surface area contributed by atoms with Crippen molar-refractivity contribution in [3.8, 4) is 0 Å². The van der Waals surface area contributed by atoms with E-state index in [-0.39, 0.29) is 11.9 Å². The quantitative estimate of drug-likeness (QED) is 0.730. The Bertz CT molecular complexity index is 415. The number of hydrogen-bond acceptors (Lipinski definition) is 3. The normalized spacial score (nSPS) is 19.9. The Labute approximate surface area is 107 Å². The number of carbonyl (C=O) groups is 1. The summed E-state index contributed by atoms with van der Waals surface area (Å²) < 4.78 is 0. The van der Waals surface area contributed by atoms with Crippen LogP contribution in [0.5, 0.6) is 0 Å². The van der Waals surface area contributed by atoms with Crippen LogP contribution in [0.15, 0.2) is 30.3 Å². The second kappa shape index (κ2) is 5.08. The molecule has 2 rings (SSSR count). The Hall–Kier alpha value is -1.39. The third-order valence-corrected chi connectivity index (χ3v) is 3.38. The highest BCUT2D eigenvalue weighted by Gasteiger charge is 2.46. The molecule has 1 amide bonds. The second-order valence-corrected chi connectivity index (χ2v) is 5.19. The van der Waals surface area contributed by atoms with E-state index >= 15 is 0 Å². The lowest BCUT2D eigenvalue weighted by atomic mass is 10.0. The van der Waals surface area contributed by atoms with Crippen molar-refractivity contribution in [1.29, 1.82) is 0 Å². The van der Waals surface area contributed by atoms with Gasteiger partial charge in [0.05, 0.1) is 11.6 Å². The molecule has 4 heteroatoms. The van der Waals surface area contributed by atoms with E-state index in [9.17, 15) is 9.90 Å². The molecule has 0 spiro atoms. The molecule has 1 aliphatic carbocycles. The number of rotatable bonds is 5. The first-order valence-corrected chi connectivity index (χ1v) is 6.34. The van der Waals surface area contributed by atoms with Crippen molar-refractivity contribution < 1.29 is 9.90 Å². The molecule has 0 saturated heterocycles. The fourth-order valence-corrected chi connectivity index (χ4v) is 1.93. The SMILES string of the molecule is CC(CC(O)c1ccccc1)NC(=O)C1(N)CC1. The largest absolute Gasteiger partial charge is 0.388 e. The van der Waals surface area contributed by atoms with E-state index in [1.807, 2.05) is 37.3 Å². The number of benzene rings is 1. The van der Waals surface area contributed by atoms with E-state index in [0.717, 1.165) is 18.4 Å². The summed E-state index contributed by atoms with van der Waals surface area (Å²) in [6.07, 6.45) is 1.44. The molecular formula is C14H20N2O2. The Balaban J connectivity index is 1.84. The molecule has 1 fully saturated rings. The Morgan fingerprint density at radius 3 is 2.61 bits per heavy atom. The summed E-state index contributed by atoms with van der Waals surface area (Å²) in [4.78, 5) is 11.7. The second-order valence-electron chi connectivity index (χ2n) is 5.19. The lowest BCUT2D eigenvalue weighted by Gasteiger charge is -2.20. The zero-order valence-corrected chi connectivity index (χ0v) is 10.6. The Morgan fingerprint density at radius 1 is 1.44 bits per heavy atom. The zero-order chi connectivity index (χ0) is 13.2. The lowest BCUT2D eigenvalue weighted by Crippen LogP contribution is -2.46. The average molecular weight is 248 g/mol. The van der Waals surface area contributed by atoms with Gasteiger partial charge in [-0.15, -0.1) is 0 Å². The summed E-state index contributed by atoms with van der Waals surface area (Å²) in [5.74, 6) is -0.102. The van der Waals surface area contributed by atoms with E-state index < -0.39 is 11.6 Å². The van der Waals surface area contributed by atoms with Crippen LogP contribution in [0.2, 0.25) is 0 Å². The summed E-state index contributed by atoms with van der Waals surface area (Å²) in [7, 11) is 0. The topological polar surface area (TPSA) is 75.3 Å². The third-order valence-electron chi connectivity index (χ3n) is 3.38. The summed E-state index contributed by atoms with van der Waals surface area (Å²) in [5, 5.41) is 12.9. The number of nitrogens with one attached hydrogen (secondary N) is 1. The maximum atomic E-state index is 11.7. The fourth-order valence-electron chi connectivity index (χ4n) is 1.93. The highest BCUT2D eigenvalue weighted by molar-refractivity contribution is 5.89. The molecule has 1 aliphatic rings. The molecule has 98 valence electrons. The average Bonchev–Trinajstić information content (AvgIpc) is 3.09. The van der Waals surface area contributed by atoms with Crippen molar-refractivity contribution in [3.63, 3.8) is 0 Å². The van der Waals surface area contributed by atoms with Crippen molar-refractivity contribution in [3.05, 3.63) is 35.9 Å². The van der Waals surface area contributed by atoms with Crippen LogP contribution in [-0.4, -0.2) is 22.6 Å². The van der Waals surface area contributed by atoms with Crippen molar-refractivity contribution in [2.75, 3.05) is 0 Å². The molecule has 1 saturated carbocycles. The predicted octanol–water partition coefficient (Wildman–Crippen LogP) is 1.11. The van der Waals surface area contributed by atoms with Gasteiger partial charge in [0.15, 0.2) is 0 Å². The summed E-state index contributed by atoms with van der Waals surface area (Å²) in [6.45, 7) is 1.88. The maximum Gasteiger partial charge on any atom is 0.240 e. The zero-order valence-electron chi connectivity index (χ0n) is 10.6. The summed E-state index contributed by atoms with van der Waals surface area (Å²) in [6, 6.07) is 9.36. The van der Waals surface area contributed by atoms with Gasteiger partial charge in [-0.2, -0.15) is 0 Å². The van der Waals surface area contributed by atoms with E-state index in [0.29, 0.717) is 6.42 Å². The third kappa shape index (κ3) is 3.09. The standard InChI is InChI=1S/C14H20N2O2/c1-10(16-13(18)14(15)7-8-14)9-12(17)11-5-3-2-4-6-11/h2-6,10,12,17H,7-9,15H2,1H3,(H,16,18). The molecule has 1 aromatic rings. The number of nitrogens with two attached hydrogens (primary N) is 1. The van der Waals surface area contributed by atoms with Gasteiger partial charge < -0.3 is 16.2 Å². The highest BCUT2D eigenvalue weighted by atomic mass is 16.3. The number of amides is 1. The van der Waals surface area contributed by atoms with Gasteiger partial charge in [-0.3, -0.25) is 4.79 Å². The number of aliphatic hydroxyl groups excluding tert-OH is 1. The molecule has 1 aromatic carbocycles. The molecule has 0 radical (unpaired) electrons. The van der Waals surface area contributed by atoms with Crippen molar-refractivity contribution in [1.82, 2.24) is 5.32 Å². The first kappa shape index (κ1) is 13.1. The van der Waals surface area contributed by atoms with Gasteiger partial charge in [-0.05, 0) is 31.7 Å². The van der Waals surface area contributed by atoms with Crippen LogP contribution in [0.3, 0.4) is 0 Å². The van der Waals surface area contributed by atoms with Gasteiger partial charge in [-0.25, -0.2) is 0 Å². The van der Waals surface area contributed by atoms with Crippen molar-refractivity contribution in [2.24, 2.45) is 5.73 Å². The predicted molar refractivity (Wildman–Crippen MR) is 69.8 cm³/mol. The van der Waals surface area contributed by atoms with Crippen LogP contribution in [0.25, 0.3) is 0 Å². The first-order chi connectivity index (χ1) is 8.51. The van der Waals surface area contributed by atoms with Crippen LogP contribution >= 0.6 is 0 Å². The maximum absolute atomic E-state index is 11.7. The van der Waals surface area contributed by atoms with Crippen molar-refractivity contribution >= 4 is 5.91 Å². The van der Waals surface area contributed by atoms with Gasteiger partial charge >= 0.3 is 0 Å². The minimum absolute atomic E-state index is 0.0891. The Kier molecular flexibility index (Phi) is 3.68. The molecular weight excluding hydrogens is 228 g/mol. The van der Waals surface area contributed by atoms with E-state index in [1.54, 1.807) is 0 Å². The van der Waals surface area contributed by atoms with Gasteiger partial charge in [0, 0.05) is 6.04 Å². The van der Waals surface area contributed by atoms with Gasteiger partial charge in [0.2, 0.25) is 5.91 Å². The molecule has 0 aliphatic heterocycles. The Morgan fingerprint density at radius 2 is 2.06 bits per heavy atom. The van der Waals surface area contributed by atoms with Crippen LogP contribution in [0, 0.1) is 0 Å². The van der Waals surface area contributed by atoms with E-state index in [2.05, 4.69) is 5.32 Å². The molecule has 4 nitrogen and oxygen atoms in total. The van der Waals surface area contributed by atoms with E-state index in [4.69, 9.17) is 5.73 Å². The van der Waals surface area contributed by atoms with Crippen LogP contribution < -0.4 is 11.1 Å². The first-order valence-electron chi connectivity index (χ1n) is 6.34. The smallest absolute Gasteiger partial charge is 0.240 e. The monoisotopic (exact) mass is 248 g/mol. The number of carbonyl (C=O) groups excluding carboxylic acids is 1. The molecule has 0 bridgehead atoms. The number of hydrogen-bond donors (Lipinski definition) is 3. The van der Waals surface area contributed by atoms with Gasteiger partial charge in [0.1, 0.15) is 0 Å². The van der Waals surface area contributed by atoms with Gasteiger partial charge in [-0.1, -0.05) is 30.3 Å². The van der Waals surface area contributed by atoms with Crippen LogP contribution in [-0.2, 0) is 4.79 Å². The van der Waals surface area contributed by atoms with Gasteiger partial charge in [0.25, 0.3) is 0 Å². The summed E-state index contributed by atoms with van der Waals surface area (Å²) >= 11 is 0. The molecule has 2 unspecified atom stereocenters. The molecule has 0 heterocycles. The molecule has 2 atom stereocenters. The minimum Gasteiger partial charge on any atom is -0.388 e. The fraction of sp³-hybridized carbons (Fsp3) is 0.500. The molecule has 4 N–H and O–H groups in total. The number of aliphatic hydroxyl groups is 1. The molecule has 18 heavy (non-hydrogen) atoms. The lowest BCUT2D eigenvalue weighted by molar-refractivity contribution is -0.124. The van der Waals surface area contributed by atoms with Crippen molar-refractivity contribution in [2.45, 2.75) is 43.9 Å². The highest BCUT2D eigenvalue weighted by Crippen LogP contribution is 2.32. The minimum atomic E-state index is -0.647. The van der Waals surface area contributed by atoms with Crippen LogP contribution in [0.4, 0.5) is 0 Å². The van der Waals surface area contributed by atoms with E-state index in [1.165, 1.54) is 0 Å². The molecule has 0 aromatic heterocycles. The summed E-state index contributed by atoms with van der Waals surface area (Å²) in [5.41, 5.74) is 6.03. The van der Waals surface area contributed by atoms with Crippen LogP contribution in [0.1, 0.15) is 37.9 Å².